The second kappa shape index (κ2) is 6.24. The van der Waals surface area contributed by atoms with E-state index in [2.05, 4.69) is 20.7 Å². The van der Waals surface area contributed by atoms with Gasteiger partial charge in [-0.25, -0.2) is 4.79 Å². The van der Waals surface area contributed by atoms with Gasteiger partial charge in [-0.2, -0.15) is 16.1 Å². The Kier molecular flexibility index (Phi) is 4.41. The number of carbonyl (C=O) groups excluding carboxylic acids is 1. The second-order valence-electron chi connectivity index (χ2n) is 4.02. The van der Waals surface area contributed by atoms with Crippen molar-refractivity contribution in [3.8, 4) is 11.4 Å². The number of carbonyl (C=O) groups is 2. The SMILES string of the molecule is CCC(NC(=O)Cn1nnc(-c2ccsc2)n1)C(=O)O. The van der Waals surface area contributed by atoms with Crippen molar-refractivity contribution in [2.75, 3.05) is 0 Å². The number of hydrogen-bond donors (Lipinski definition) is 2. The Morgan fingerprint density at radius 3 is 2.95 bits per heavy atom. The van der Waals surface area contributed by atoms with Crippen LogP contribution in [0.15, 0.2) is 16.8 Å². The molecule has 2 N–H and O–H groups in total. The van der Waals surface area contributed by atoms with E-state index in [1.165, 1.54) is 11.3 Å². The molecule has 0 radical (unpaired) electrons. The van der Waals surface area contributed by atoms with E-state index in [9.17, 15) is 9.59 Å². The molecule has 20 heavy (non-hydrogen) atoms. The molecule has 1 unspecified atom stereocenters. The van der Waals surface area contributed by atoms with Crippen molar-refractivity contribution in [3.63, 3.8) is 0 Å². The molecule has 0 aliphatic carbocycles. The highest BCUT2D eigenvalue weighted by Crippen LogP contribution is 2.16. The third-order valence-electron chi connectivity index (χ3n) is 2.56. The number of tetrazole rings is 1. The first kappa shape index (κ1) is 14.1. The fourth-order valence-corrected chi connectivity index (χ4v) is 2.16. The van der Waals surface area contributed by atoms with E-state index in [4.69, 9.17) is 5.11 Å². The molecular weight excluding hydrogens is 282 g/mol. The largest absolute Gasteiger partial charge is 0.480 e. The van der Waals surface area contributed by atoms with Crippen LogP contribution in [0.4, 0.5) is 0 Å². The van der Waals surface area contributed by atoms with Gasteiger partial charge in [0.2, 0.25) is 11.7 Å². The number of carboxylic acids is 1. The molecule has 9 heteroatoms. The minimum atomic E-state index is -1.06. The van der Waals surface area contributed by atoms with Gasteiger partial charge in [0.15, 0.2) is 0 Å². The zero-order chi connectivity index (χ0) is 14.5. The molecule has 1 atom stereocenters. The summed E-state index contributed by atoms with van der Waals surface area (Å²) >= 11 is 1.51. The number of carboxylic acid groups (broad SMARTS) is 1. The maximum Gasteiger partial charge on any atom is 0.326 e. The second-order valence-corrected chi connectivity index (χ2v) is 4.80. The molecule has 8 nitrogen and oxygen atoms in total. The molecule has 0 aliphatic rings. The maximum atomic E-state index is 11.7. The van der Waals surface area contributed by atoms with Gasteiger partial charge in [-0.15, -0.1) is 10.2 Å². The molecule has 0 bridgehead atoms. The van der Waals surface area contributed by atoms with Gasteiger partial charge in [0.05, 0.1) is 0 Å². The minimum Gasteiger partial charge on any atom is -0.480 e. The van der Waals surface area contributed by atoms with Crippen LogP contribution < -0.4 is 5.32 Å². The van der Waals surface area contributed by atoms with Gasteiger partial charge in [-0.05, 0) is 23.1 Å². The Bertz CT molecular complexity index is 595. The van der Waals surface area contributed by atoms with Crippen molar-refractivity contribution in [3.05, 3.63) is 16.8 Å². The van der Waals surface area contributed by atoms with Crippen LogP contribution in [-0.2, 0) is 16.1 Å². The molecule has 0 spiro atoms. The lowest BCUT2D eigenvalue weighted by Crippen LogP contribution is -2.42. The fourth-order valence-electron chi connectivity index (χ4n) is 1.52. The Balaban J connectivity index is 1.97. The van der Waals surface area contributed by atoms with E-state index < -0.39 is 17.9 Å². The molecule has 0 aromatic carbocycles. The first-order valence-electron chi connectivity index (χ1n) is 5.92. The molecule has 2 rings (SSSR count). The molecule has 2 heterocycles. The van der Waals surface area contributed by atoms with Gasteiger partial charge < -0.3 is 10.4 Å². The van der Waals surface area contributed by atoms with Crippen LogP contribution in [0.25, 0.3) is 11.4 Å². The number of aromatic nitrogens is 4. The highest BCUT2D eigenvalue weighted by molar-refractivity contribution is 7.08. The smallest absolute Gasteiger partial charge is 0.326 e. The van der Waals surface area contributed by atoms with Crippen LogP contribution in [0.3, 0.4) is 0 Å². The van der Waals surface area contributed by atoms with Crippen molar-refractivity contribution >= 4 is 23.2 Å². The summed E-state index contributed by atoms with van der Waals surface area (Å²) in [5, 5.41) is 26.7. The van der Waals surface area contributed by atoms with E-state index >= 15 is 0 Å². The van der Waals surface area contributed by atoms with E-state index in [1.54, 1.807) is 6.92 Å². The van der Waals surface area contributed by atoms with Crippen LogP contribution in [0.2, 0.25) is 0 Å². The molecule has 0 fully saturated rings. The molecule has 106 valence electrons. The Morgan fingerprint density at radius 1 is 1.55 bits per heavy atom. The third-order valence-corrected chi connectivity index (χ3v) is 3.24. The summed E-state index contributed by atoms with van der Waals surface area (Å²) in [4.78, 5) is 23.6. The van der Waals surface area contributed by atoms with Crippen LogP contribution in [0.5, 0.6) is 0 Å². The number of aliphatic carboxylic acids is 1. The van der Waals surface area contributed by atoms with Crippen molar-refractivity contribution < 1.29 is 14.7 Å². The number of hydrogen-bond acceptors (Lipinski definition) is 6. The molecule has 0 saturated carbocycles. The molecule has 1 amide bonds. The van der Waals surface area contributed by atoms with E-state index in [1.807, 2.05) is 16.8 Å². The van der Waals surface area contributed by atoms with E-state index in [0.29, 0.717) is 12.2 Å². The van der Waals surface area contributed by atoms with Gasteiger partial charge in [0.1, 0.15) is 12.6 Å². The molecule has 0 aliphatic heterocycles. The van der Waals surface area contributed by atoms with E-state index in [-0.39, 0.29) is 6.54 Å². The highest BCUT2D eigenvalue weighted by atomic mass is 32.1. The first-order chi connectivity index (χ1) is 9.60. The van der Waals surface area contributed by atoms with Crippen LogP contribution in [0, 0.1) is 0 Å². The van der Waals surface area contributed by atoms with Gasteiger partial charge >= 0.3 is 5.97 Å². The first-order valence-corrected chi connectivity index (χ1v) is 6.87. The van der Waals surface area contributed by atoms with Crippen LogP contribution in [-0.4, -0.2) is 43.2 Å². The summed E-state index contributed by atoms with van der Waals surface area (Å²) in [5.41, 5.74) is 0.832. The van der Waals surface area contributed by atoms with Gasteiger partial charge in [0.25, 0.3) is 0 Å². The summed E-state index contributed by atoms with van der Waals surface area (Å²) in [5.74, 6) is -1.09. The normalized spacial score (nSPS) is 12.1. The Hall–Kier alpha value is -2.29. The predicted molar refractivity (Wildman–Crippen MR) is 71.0 cm³/mol. The number of nitrogens with one attached hydrogen (secondary N) is 1. The van der Waals surface area contributed by atoms with Crippen LogP contribution >= 0.6 is 11.3 Å². The van der Waals surface area contributed by atoms with Crippen LogP contribution in [0.1, 0.15) is 13.3 Å². The van der Waals surface area contributed by atoms with Gasteiger partial charge in [-0.3, -0.25) is 4.79 Å². The lowest BCUT2D eigenvalue weighted by atomic mass is 10.2. The summed E-state index contributed by atoms with van der Waals surface area (Å²) in [6, 6.07) is 0.950. The number of amides is 1. The van der Waals surface area contributed by atoms with Crippen molar-refractivity contribution in [2.24, 2.45) is 0 Å². The lowest BCUT2D eigenvalue weighted by molar-refractivity contribution is -0.142. The third kappa shape index (κ3) is 3.38. The summed E-state index contributed by atoms with van der Waals surface area (Å²) in [6.07, 6.45) is 0.312. The summed E-state index contributed by atoms with van der Waals surface area (Å²) in [6.45, 7) is 1.52. The highest BCUT2D eigenvalue weighted by Gasteiger charge is 2.18. The van der Waals surface area contributed by atoms with Crippen molar-refractivity contribution in [1.82, 2.24) is 25.5 Å². The average molecular weight is 295 g/mol. The Morgan fingerprint density at radius 2 is 2.35 bits per heavy atom. The fraction of sp³-hybridized carbons (Fsp3) is 0.364. The number of nitrogens with zero attached hydrogens (tertiary/aromatic N) is 4. The molecule has 2 aromatic rings. The van der Waals surface area contributed by atoms with E-state index in [0.717, 1.165) is 10.4 Å². The Labute approximate surface area is 118 Å². The van der Waals surface area contributed by atoms with Gasteiger partial charge in [-0.1, -0.05) is 6.92 Å². The molecular formula is C11H13N5O3S. The van der Waals surface area contributed by atoms with Gasteiger partial charge in [0, 0.05) is 10.9 Å². The average Bonchev–Trinajstić information content (AvgIpc) is 3.05. The zero-order valence-corrected chi connectivity index (χ0v) is 11.5. The number of rotatable bonds is 6. The summed E-state index contributed by atoms with van der Waals surface area (Å²) < 4.78 is 0. The summed E-state index contributed by atoms with van der Waals surface area (Å²) in [7, 11) is 0. The zero-order valence-electron chi connectivity index (χ0n) is 10.7. The topological polar surface area (TPSA) is 110 Å². The van der Waals surface area contributed by atoms with Crippen molar-refractivity contribution in [2.45, 2.75) is 25.9 Å². The molecule has 2 aromatic heterocycles. The predicted octanol–water partition coefficient (Wildman–Crippen LogP) is 0.381. The maximum absolute atomic E-state index is 11.7. The standard InChI is InChI=1S/C11H13N5O3S/c1-2-8(11(18)19)12-9(17)5-16-14-10(13-15-16)7-3-4-20-6-7/h3-4,6,8H,2,5H2,1H3,(H,12,17)(H,18,19). The van der Waals surface area contributed by atoms with Crippen molar-refractivity contribution in [1.29, 1.82) is 0 Å². The molecule has 0 saturated heterocycles. The minimum absolute atomic E-state index is 0.166. The number of thiophene rings is 1. The lowest BCUT2D eigenvalue weighted by Gasteiger charge is -2.11. The quantitative estimate of drug-likeness (QED) is 0.797. The monoisotopic (exact) mass is 295 g/mol.